The summed E-state index contributed by atoms with van der Waals surface area (Å²) in [5.74, 6) is 0.539. The number of anilines is 2. The topological polar surface area (TPSA) is 105 Å². The first-order valence-corrected chi connectivity index (χ1v) is 13.9. The molecule has 0 unspecified atom stereocenters. The van der Waals surface area contributed by atoms with E-state index in [1.165, 1.54) is 6.07 Å². The van der Waals surface area contributed by atoms with Gasteiger partial charge >= 0.3 is 6.09 Å². The van der Waals surface area contributed by atoms with Gasteiger partial charge in [0.1, 0.15) is 4.90 Å². The smallest absolute Gasteiger partial charge is 0.409 e. The SMILES string of the molecule is C=C/C=C\c1cccc(S(=O)(=O)Nc2ccc(C(=C)N3CCN(C(=O)OCC4CC4)C[C@H]3C)cc2)c1N. The van der Waals surface area contributed by atoms with Crippen LogP contribution in [0.3, 0.4) is 0 Å². The minimum Gasteiger partial charge on any atom is -0.449 e. The Labute approximate surface area is 219 Å². The number of benzene rings is 2. The van der Waals surface area contributed by atoms with Gasteiger partial charge in [0.25, 0.3) is 10.0 Å². The summed E-state index contributed by atoms with van der Waals surface area (Å²) in [5, 5.41) is 0. The molecule has 1 saturated heterocycles. The normalized spacial score (nSPS) is 18.0. The monoisotopic (exact) mass is 522 g/mol. The molecule has 1 atom stereocenters. The van der Waals surface area contributed by atoms with Gasteiger partial charge in [0.15, 0.2) is 0 Å². The van der Waals surface area contributed by atoms with Gasteiger partial charge in [0.2, 0.25) is 0 Å². The van der Waals surface area contributed by atoms with Gasteiger partial charge in [-0.15, -0.1) is 0 Å². The molecule has 0 aromatic heterocycles. The van der Waals surface area contributed by atoms with Crippen molar-refractivity contribution >= 4 is 39.3 Å². The number of hydrogen-bond acceptors (Lipinski definition) is 6. The van der Waals surface area contributed by atoms with Crippen LogP contribution in [-0.2, 0) is 14.8 Å². The van der Waals surface area contributed by atoms with E-state index in [1.54, 1.807) is 47.4 Å². The van der Waals surface area contributed by atoms with Gasteiger partial charge in [-0.3, -0.25) is 4.72 Å². The fraction of sp³-hybridized carbons (Fsp3) is 0.321. The lowest BCUT2D eigenvalue weighted by atomic mass is 10.1. The largest absolute Gasteiger partial charge is 0.449 e. The Morgan fingerprint density at radius 3 is 2.57 bits per heavy atom. The van der Waals surface area contributed by atoms with Crippen LogP contribution in [0.25, 0.3) is 11.8 Å². The molecule has 1 aliphatic carbocycles. The third-order valence-corrected chi connectivity index (χ3v) is 8.08. The molecule has 4 rings (SSSR count). The van der Waals surface area contributed by atoms with E-state index in [4.69, 9.17) is 10.5 Å². The molecule has 0 spiro atoms. The third kappa shape index (κ3) is 6.35. The maximum atomic E-state index is 13.0. The number of nitrogen functional groups attached to an aromatic ring is 1. The highest BCUT2D eigenvalue weighted by molar-refractivity contribution is 7.92. The Hall–Kier alpha value is -3.72. The standard InChI is InChI=1S/C28H34N4O4S/c1-4-5-7-24-8-6-9-26(27(24)29)37(34,35)30-25-14-12-23(13-15-25)21(3)32-17-16-31(18-20(32)2)28(33)36-19-22-10-11-22/h4-9,12-15,20,22,30H,1,3,10-11,16-19,29H2,2H3/b7-5-/t20-/m1/s1. The zero-order valence-corrected chi connectivity index (χ0v) is 21.9. The van der Waals surface area contributed by atoms with Crippen LogP contribution in [0.5, 0.6) is 0 Å². The number of amides is 1. The number of sulfonamides is 1. The highest BCUT2D eigenvalue weighted by Gasteiger charge is 2.30. The fourth-order valence-electron chi connectivity index (χ4n) is 4.31. The minimum atomic E-state index is -3.89. The summed E-state index contributed by atoms with van der Waals surface area (Å²) in [6.07, 6.45) is 7.05. The lowest BCUT2D eigenvalue weighted by molar-refractivity contribution is 0.0703. The molecule has 0 bridgehead atoms. The highest BCUT2D eigenvalue weighted by Crippen LogP contribution is 2.30. The molecule has 8 nitrogen and oxygen atoms in total. The average molecular weight is 523 g/mol. The Kier molecular flexibility index (Phi) is 7.92. The van der Waals surface area contributed by atoms with E-state index < -0.39 is 10.0 Å². The van der Waals surface area contributed by atoms with Crippen LogP contribution < -0.4 is 10.5 Å². The zero-order valence-electron chi connectivity index (χ0n) is 21.1. The van der Waals surface area contributed by atoms with Crippen molar-refractivity contribution in [2.45, 2.75) is 30.7 Å². The van der Waals surface area contributed by atoms with Crippen LogP contribution >= 0.6 is 0 Å². The van der Waals surface area contributed by atoms with Crippen LogP contribution in [0, 0.1) is 5.92 Å². The summed E-state index contributed by atoms with van der Waals surface area (Å²) in [7, 11) is -3.89. The van der Waals surface area contributed by atoms with Gasteiger partial charge in [-0.25, -0.2) is 13.2 Å². The van der Waals surface area contributed by atoms with Crippen LogP contribution in [-0.4, -0.2) is 56.6 Å². The molecule has 1 heterocycles. The molecular weight excluding hydrogens is 488 g/mol. The van der Waals surface area contributed by atoms with Crippen LogP contribution in [0.2, 0.25) is 0 Å². The molecule has 2 fully saturated rings. The molecular formula is C28H34N4O4S. The molecule has 196 valence electrons. The number of carbonyl (C=O) groups is 1. The number of rotatable bonds is 9. The van der Waals surface area contributed by atoms with Crippen LogP contribution in [0.4, 0.5) is 16.2 Å². The van der Waals surface area contributed by atoms with Crippen LogP contribution in [0.15, 0.2) is 72.7 Å². The maximum Gasteiger partial charge on any atom is 0.409 e. The first-order valence-electron chi connectivity index (χ1n) is 12.4. The van der Waals surface area contributed by atoms with Crippen LogP contribution in [0.1, 0.15) is 30.9 Å². The van der Waals surface area contributed by atoms with Gasteiger partial charge in [-0.05, 0) is 55.0 Å². The van der Waals surface area contributed by atoms with Crippen molar-refractivity contribution in [3.05, 3.63) is 78.9 Å². The molecule has 2 aromatic carbocycles. The van der Waals surface area contributed by atoms with E-state index in [2.05, 4.69) is 29.7 Å². The number of allylic oxidation sites excluding steroid dienone is 2. The number of carbonyl (C=O) groups excluding carboxylic acids is 1. The lowest BCUT2D eigenvalue weighted by Crippen LogP contribution is -2.52. The lowest BCUT2D eigenvalue weighted by Gasteiger charge is -2.41. The van der Waals surface area contributed by atoms with E-state index in [0.717, 1.165) is 24.1 Å². The van der Waals surface area contributed by atoms with E-state index in [1.807, 2.05) is 12.1 Å². The Morgan fingerprint density at radius 1 is 1.19 bits per heavy atom. The number of para-hydroxylation sites is 1. The van der Waals surface area contributed by atoms with Gasteiger partial charge in [0, 0.05) is 37.1 Å². The number of nitrogens with zero attached hydrogens (tertiary/aromatic N) is 2. The average Bonchev–Trinajstić information content (AvgIpc) is 3.71. The molecule has 2 aliphatic rings. The highest BCUT2D eigenvalue weighted by atomic mass is 32.2. The zero-order chi connectivity index (χ0) is 26.6. The van der Waals surface area contributed by atoms with E-state index in [0.29, 0.717) is 43.4 Å². The summed E-state index contributed by atoms with van der Waals surface area (Å²) in [6, 6.07) is 12.0. The Bertz CT molecular complexity index is 1300. The fourth-order valence-corrected chi connectivity index (χ4v) is 5.53. The summed E-state index contributed by atoms with van der Waals surface area (Å²) in [4.78, 5) is 16.3. The Balaban J connectivity index is 1.39. The minimum absolute atomic E-state index is 0.00884. The second kappa shape index (κ2) is 11.1. The molecule has 0 radical (unpaired) electrons. The number of piperazine rings is 1. The quantitative estimate of drug-likeness (QED) is 0.362. The van der Waals surface area contributed by atoms with Gasteiger partial charge in [-0.1, -0.05) is 55.7 Å². The first-order chi connectivity index (χ1) is 17.7. The number of nitrogens with one attached hydrogen (secondary N) is 1. The summed E-state index contributed by atoms with van der Waals surface area (Å²) < 4.78 is 34.1. The summed E-state index contributed by atoms with van der Waals surface area (Å²) in [6.45, 7) is 12.2. The van der Waals surface area contributed by atoms with Gasteiger partial charge < -0.3 is 20.3 Å². The molecule has 9 heteroatoms. The second-order valence-corrected chi connectivity index (χ2v) is 11.1. The van der Waals surface area contributed by atoms with Crippen molar-refractivity contribution in [2.75, 3.05) is 36.7 Å². The predicted octanol–water partition coefficient (Wildman–Crippen LogP) is 4.79. The molecule has 1 saturated carbocycles. The number of hydrogen-bond donors (Lipinski definition) is 2. The number of nitrogens with two attached hydrogens (primary N) is 1. The Morgan fingerprint density at radius 2 is 1.92 bits per heavy atom. The molecule has 1 amide bonds. The van der Waals surface area contributed by atoms with Gasteiger partial charge in [0.05, 0.1) is 12.3 Å². The molecule has 2 aromatic rings. The first kappa shape index (κ1) is 26.3. The maximum absolute atomic E-state index is 13.0. The molecule has 3 N–H and O–H groups in total. The van der Waals surface area contributed by atoms with E-state index in [-0.39, 0.29) is 22.7 Å². The van der Waals surface area contributed by atoms with E-state index >= 15 is 0 Å². The van der Waals surface area contributed by atoms with E-state index in [9.17, 15) is 13.2 Å². The van der Waals surface area contributed by atoms with Crippen molar-refractivity contribution in [1.29, 1.82) is 0 Å². The van der Waals surface area contributed by atoms with Crippen molar-refractivity contribution < 1.29 is 17.9 Å². The van der Waals surface area contributed by atoms with Crippen molar-refractivity contribution in [1.82, 2.24) is 9.80 Å². The third-order valence-electron chi connectivity index (χ3n) is 6.64. The second-order valence-electron chi connectivity index (χ2n) is 9.49. The molecule has 37 heavy (non-hydrogen) atoms. The van der Waals surface area contributed by atoms with Crippen molar-refractivity contribution in [3.8, 4) is 0 Å². The predicted molar refractivity (Wildman–Crippen MR) is 148 cm³/mol. The number of ether oxygens (including phenoxy) is 1. The van der Waals surface area contributed by atoms with Crippen molar-refractivity contribution in [2.24, 2.45) is 5.92 Å². The molecule has 1 aliphatic heterocycles. The summed E-state index contributed by atoms with van der Waals surface area (Å²) in [5.41, 5.74) is 9.00. The van der Waals surface area contributed by atoms with Crippen molar-refractivity contribution in [3.63, 3.8) is 0 Å². The summed E-state index contributed by atoms with van der Waals surface area (Å²) >= 11 is 0. The van der Waals surface area contributed by atoms with Gasteiger partial charge in [-0.2, -0.15) is 0 Å².